The van der Waals surface area contributed by atoms with Crippen molar-refractivity contribution in [3.8, 4) is 11.5 Å². The fourth-order valence-corrected chi connectivity index (χ4v) is 4.03. The van der Waals surface area contributed by atoms with Gasteiger partial charge in [-0.1, -0.05) is 0 Å². The highest BCUT2D eigenvalue weighted by atomic mass is 32.2. The molecule has 0 atom stereocenters. The van der Waals surface area contributed by atoms with Crippen LogP contribution in [0, 0.1) is 6.92 Å². The van der Waals surface area contributed by atoms with E-state index in [4.69, 9.17) is 14.9 Å². The van der Waals surface area contributed by atoms with Crippen LogP contribution in [-0.2, 0) is 14.8 Å². The van der Waals surface area contributed by atoms with Gasteiger partial charge in [-0.2, -0.15) is 0 Å². The summed E-state index contributed by atoms with van der Waals surface area (Å²) in [6.07, 6.45) is 0. The number of nitrogens with one attached hydrogen (secondary N) is 2. The summed E-state index contributed by atoms with van der Waals surface area (Å²) in [5.74, 6) is -0.482. The zero-order valence-corrected chi connectivity index (χ0v) is 15.7. The minimum atomic E-state index is -4.07. The summed E-state index contributed by atoms with van der Waals surface area (Å²) in [6.45, 7) is 0.397. The third-order valence-corrected chi connectivity index (χ3v) is 5.64. The van der Waals surface area contributed by atoms with Gasteiger partial charge in [0, 0.05) is 17.8 Å². The van der Waals surface area contributed by atoms with Crippen molar-refractivity contribution < 1.29 is 33.3 Å². The maximum Gasteiger partial charge on any atom is 0.262 e. The van der Waals surface area contributed by atoms with E-state index in [2.05, 4.69) is 10.0 Å². The van der Waals surface area contributed by atoms with Crippen LogP contribution in [0.5, 0.6) is 11.5 Å². The fraction of sp³-hybridized carbons (Fsp3) is 0.235. The number of aromatic hydroxyl groups is 1. The Labute approximate surface area is 161 Å². The lowest BCUT2D eigenvalue weighted by molar-refractivity contribution is -0.118. The van der Waals surface area contributed by atoms with Crippen molar-refractivity contribution in [3.05, 3.63) is 35.9 Å². The van der Waals surface area contributed by atoms with E-state index in [0.717, 1.165) is 4.90 Å². The molecule has 0 fully saturated rings. The third kappa shape index (κ3) is 3.81. The van der Waals surface area contributed by atoms with E-state index in [1.165, 1.54) is 30.3 Å². The van der Waals surface area contributed by atoms with E-state index >= 15 is 0 Å². The number of hydrogen-bond donors (Lipinski definition) is 5. The van der Waals surface area contributed by atoms with Gasteiger partial charge >= 0.3 is 0 Å². The Hall–Kier alpha value is -3.02. The first-order valence-electron chi connectivity index (χ1n) is 8.15. The number of amides is 1. The molecular weight excluding hydrogens is 390 g/mol. The molecule has 3 rings (SSSR count). The van der Waals surface area contributed by atoms with E-state index < -0.39 is 23.5 Å². The molecule has 11 heteroatoms. The summed E-state index contributed by atoms with van der Waals surface area (Å²) in [4.78, 5) is 12.5. The Morgan fingerprint density at radius 1 is 1.21 bits per heavy atom. The van der Waals surface area contributed by atoms with Crippen LogP contribution in [0.2, 0.25) is 0 Å². The number of anilines is 3. The van der Waals surface area contributed by atoms with Crippen molar-refractivity contribution in [3.63, 3.8) is 0 Å². The number of carbonyl (C=O) groups is 1. The van der Waals surface area contributed by atoms with Crippen LogP contribution in [0.25, 0.3) is 0 Å². The summed E-state index contributed by atoms with van der Waals surface area (Å²) in [6, 6.07) is 6.75. The molecule has 2 aromatic rings. The van der Waals surface area contributed by atoms with Crippen molar-refractivity contribution >= 4 is 33.0 Å². The zero-order valence-electron chi connectivity index (χ0n) is 14.8. The molecule has 2 aromatic carbocycles. The molecule has 10 nitrogen and oxygen atoms in total. The van der Waals surface area contributed by atoms with Gasteiger partial charge in [-0.05, 0) is 30.7 Å². The molecule has 5 N–H and O–H groups in total. The Bertz CT molecular complexity index is 1020. The first-order chi connectivity index (χ1) is 13.2. The molecule has 0 aromatic heterocycles. The van der Waals surface area contributed by atoms with Gasteiger partial charge < -0.3 is 30.3 Å². The molecule has 0 bridgehead atoms. The number of phenolic OH excluding ortho intramolecular Hbond substituents is 1. The van der Waals surface area contributed by atoms with E-state index in [9.17, 15) is 18.3 Å². The van der Waals surface area contributed by atoms with Crippen molar-refractivity contribution in [2.75, 3.05) is 35.0 Å². The Kier molecular flexibility index (Phi) is 5.31. The quantitative estimate of drug-likeness (QED) is 0.343. The van der Waals surface area contributed by atoms with E-state index in [1.54, 1.807) is 6.92 Å². The summed E-state index contributed by atoms with van der Waals surface area (Å²) < 4.78 is 33.2. The predicted octanol–water partition coefficient (Wildman–Crippen LogP) is 0.538. The number of ether oxygens (including phenoxy) is 1. The van der Waals surface area contributed by atoms with E-state index in [1.807, 2.05) is 0 Å². The summed E-state index contributed by atoms with van der Waals surface area (Å²) in [5.41, 5.74) is 0.985. The van der Waals surface area contributed by atoms with Gasteiger partial charge in [0.25, 0.3) is 15.9 Å². The zero-order chi connectivity index (χ0) is 20.5. The second-order valence-corrected chi connectivity index (χ2v) is 7.73. The SMILES string of the molecule is Cc1cc2c(cc1S(=O)(=O)Nc1ccc(N(CO)CO)cc1O)OCC(=O)N2. The topological polar surface area (TPSA) is 148 Å². The third-order valence-electron chi connectivity index (χ3n) is 4.13. The summed E-state index contributed by atoms with van der Waals surface area (Å²) in [5, 5.41) is 31.1. The number of hydrogen-bond acceptors (Lipinski definition) is 8. The number of sulfonamides is 1. The van der Waals surface area contributed by atoms with Crippen molar-refractivity contribution in [2.45, 2.75) is 11.8 Å². The van der Waals surface area contributed by atoms with Crippen molar-refractivity contribution in [2.24, 2.45) is 0 Å². The fourth-order valence-electron chi connectivity index (χ4n) is 2.72. The summed E-state index contributed by atoms with van der Waals surface area (Å²) >= 11 is 0. The molecule has 150 valence electrons. The number of aliphatic hydroxyl groups excluding tert-OH is 2. The molecule has 0 saturated carbocycles. The van der Waals surface area contributed by atoms with Gasteiger partial charge in [0.2, 0.25) is 0 Å². The minimum absolute atomic E-state index is 0.0711. The number of benzene rings is 2. The Balaban J connectivity index is 1.91. The van der Waals surface area contributed by atoms with E-state index in [0.29, 0.717) is 16.9 Å². The lowest BCUT2D eigenvalue weighted by atomic mass is 10.2. The minimum Gasteiger partial charge on any atom is -0.506 e. The van der Waals surface area contributed by atoms with Crippen LogP contribution in [0.15, 0.2) is 35.2 Å². The Morgan fingerprint density at radius 2 is 1.93 bits per heavy atom. The standard InChI is InChI=1S/C17H19N3O7S/c1-10-4-13-15(27-7-17(24)18-13)6-16(10)28(25,26)19-12-3-2-11(5-14(12)23)20(8-21)9-22/h2-6,19,21-23H,7-9H2,1H3,(H,18,24). The van der Waals surface area contributed by atoms with Crippen LogP contribution in [0.4, 0.5) is 17.1 Å². The number of aryl methyl sites for hydroxylation is 1. The molecular formula is C17H19N3O7S. The number of carbonyl (C=O) groups excluding carboxylic acids is 1. The van der Waals surface area contributed by atoms with Crippen LogP contribution >= 0.6 is 0 Å². The molecule has 28 heavy (non-hydrogen) atoms. The summed E-state index contributed by atoms with van der Waals surface area (Å²) in [7, 11) is -4.07. The predicted molar refractivity (Wildman–Crippen MR) is 101 cm³/mol. The van der Waals surface area contributed by atoms with Gasteiger partial charge in [-0.3, -0.25) is 9.52 Å². The molecule has 1 amide bonds. The van der Waals surface area contributed by atoms with Crippen LogP contribution in [0.3, 0.4) is 0 Å². The van der Waals surface area contributed by atoms with E-state index in [-0.39, 0.29) is 34.6 Å². The van der Waals surface area contributed by atoms with Crippen LogP contribution in [-0.4, -0.2) is 49.7 Å². The maximum absolute atomic E-state index is 12.8. The number of rotatable bonds is 6. The highest BCUT2D eigenvalue weighted by molar-refractivity contribution is 7.92. The molecule has 0 radical (unpaired) electrons. The maximum atomic E-state index is 12.8. The average Bonchev–Trinajstić information content (AvgIpc) is 2.64. The lowest BCUT2D eigenvalue weighted by Gasteiger charge is -2.21. The second-order valence-electron chi connectivity index (χ2n) is 6.08. The van der Waals surface area contributed by atoms with Crippen molar-refractivity contribution in [1.29, 1.82) is 0 Å². The van der Waals surface area contributed by atoms with Gasteiger partial charge in [0.05, 0.1) is 16.3 Å². The molecule has 1 aliphatic heterocycles. The smallest absolute Gasteiger partial charge is 0.262 e. The normalized spacial score (nSPS) is 13.3. The first kappa shape index (κ1) is 19.7. The number of phenols is 1. The van der Waals surface area contributed by atoms with Gasteiger partial charge in [0.1, 0.15) is 25.0 Å². The molecule has 0 aliphatic carbocycles. The number of nitrogens with zero attached hydrogens (tertiary/aromatic N) is 1. The second kappa shape index (κ2) is 7.54. The van der Waals surface area contributed by atoms with Gasteiger partial charge in [-0.15, -0.1) is 0 Å². The monoisotopic (exact) mass is 409 g/mol. The molecule has 1 heterocycles. The van der Waals surface area contributed by atoms with Crippen LogP contribution < -0.4 is 19.7 Å². The highest BCUT2D eigenvalue weighted by Crippen LogP contribution is 2.35. The molecule has 0 unspecified atom stereocenters. The van der Waals surface area contributed by atoms with Crippen molar-refractivity contribution in [1.82, 2.24) is 0 Å². The average molecular weight is 409 g/mol. The molecule has 0 spiro atoms. The van der Waals surface area contributed by atoms with Gasteiger partial charge in [-0.25, -0.2) is 8.42 Å². The number of fused-ring (bicyclic) bond motifs is 1. The molecule has 0 saturated heterocycles. The molecule has 1 aliphatic rings. The van der Waals surface area contributed by atoms with Gasteiger partial charge in [0.15, 0.2) is 6.61 Å². The first-order valence-corrected chi connectivity index (χ1v) is 9.63. The Morgan fingerprint density at radius 3 is 2.57 bits per heavy atom. The number of aliphatic hydroxyl groups is 2. The lowest BCUT2D eigenvalue weighted by Crippen LogP contribution is -2.26. The largest absolute Gasteiger partial charge is 0.506 e. The van der Waals surface area contributed by atoms with Crippen LogP contribution in [0.1, 0.15) is 5.56 Å². The highest BCUT2D eigenvalue weighted by Gasteiger charge is 2.24.